The van der Waals surface area contributed by atoms with Gasteiger partial charge in [-0.3, -0.25) is 4.90 Å². The minimum Gasteiger partial charge on any atom is -0.508 e. The number of benzene rings is 1. The molecular weight excluding hydrogens is 236 g/mol. The molecule has 0 radical (unpaired) electrons. The fourth-order valence-corrected chi connectivity index (χ4v) is 3.74. The first-order valence-electron chi connectivity index (χ1n) is 7.41. The molecule has 1 fully saturated rings. The third-order valence-corrected chi connectivity index (χ3v) is 4.69. The highest BCUT2D eigenvalue weighted by molar-refractivity contribution is 5.38. The lowest BCUT2D eigenvalue weighted by Crippen LogP contribution is -2.52. The van der Waals surface area contributed by atoms with Crippen LogP contribution < -0.4 is 0 Å². The molecule has 1 aromatic rings. The summed E-state index contributed by atoms with van der Waals surface area (Å²) in [6.45, 7) is 5.81. The van der Waals surface area contributed by atoms with Crippen LogP contribution in [-0.2, 0) is 6.42 Å². The largest absolute Gasteiger partial charge is 0.508 e. The van der Waals surface area contributed by atoms with Gasteiger partial charge in [0, 0.05) is 31.7 Å². The molecule has 0 bridgehead atoms. The van der Waals surface area contributed by atoms with Gasteiger partial charge in [0.2, 0.25) is 0 Å². The summed E-state index contributed by atoms with van der Waals surface area (Å²) >= 11 is 0. The maximum atomic E-state index is 9.65. The second-order valence-electron chi connectivity index (χ2n) is 6.14. The number of rotatable bonds is 1. The summed E-state index contributed by atoms with van der Waals surface area (Å²) in [5.41, 5.74) is 2.79. The first-order valence-corrected chi connectivity index (χ1v) is 7.41. The Labute approximate surface area is 115 Å². The molecule has 3 heteroatoms. The van der Waals surface area contributed by atoms with Crippen LogP contribution in [0.2, 0.25) is 0 Å². The number of fused-ring (bicyclic) bond motifs is 1. The van der Waals surface area contributed by atoms with Gasteiger partial charge >= 0.3 is 0 Å². The molecule has 0 amide bonds. The van der Waals surface area contributed by atoms with Gasteiger partial charge in [-0.25, -0.2) is 0 Å². The SMILES string of the molecule is CC1CN(C)CCN1C1CCCc2cc(O)ccc21. The first kappa shape index (κ1) is 12.9. The highest BCUT2D eigenvalue weighted by Gasteiger charge is 2.31. The Morgan fingerprint density at radius 2 is 2.11 bits per heavy atom. The summed E-state index contributed by atoms with van der Waals surface area (Å²) < 4.78 is 0. The van der Waals surface area contributed by atoms with E-state index in [0.29, 0.717) is 17.8 Å². The number of piperazine rings is 1. The van der Waals surface area contributed by atoms with E-state index in [0.717, 1.165) is 26.1 Å². The molecule has 1 saturated heterocycles. The maximum Gasteiger partial charge on any atom is 0.115 e. The van der Waals surface area contributed by atoms with E-state index in [2.05, 4.69) is 29.8 Å². The summed E-state index contributed by atoms with van der Waals surface area (Å²) in [7, 11) is 2.21. The van der Waals surface area contributed by atoms with Crippen LogP contribution in [0.5, 0.6) is 5.75 Å². The molecule has 0 aromatic heterocycles. The van der Waals surface area contributed by atoms with Crippen LogP contribution >= 0.6 is 0 Å². The van der Waals surface area contributed by atoms with Gasteiger partial charge in [0.25, 0.3) is 0 Å². The summed E-state index contributed by atoms with van der Waals surface area (Å²) in [5, 5.41) is 9.65. The Bertz CT molecular complexity index is 460. The fourth-order valence-electron chi connectivity index (χ4n) is 3.74. The lowest BCUT2D eigenvalue weighted by Gasteiger charge is -2.44. The Hall–Kier alpha value is -1.06. The Kier molecular flexibility index (Phi) is 3.50. The molecule has 3 nitrogen and oxygen atoms in total. The van der Waals surface area contributed by atoms with Crippen LogP contribution in [0.25, 0.3) is 0 Å². The van der Waals surface area contributed by atoms with E-state index in [9.17, 15) is 5.11 Å². The molecule has 1 N–H and O–H groups in total. The molecule has 1 aromatic carbocycles. The average molecular weight is 260 g/mol. The van der Waals surface area contributed by atoms with Gasteiger partial charge in [0.1, 0.15) is 5.75 Å². The monoisotopic (exact) mass is 260 g/mol. The second-order valence-corrected chi connectivity index (χ2v) is 6.14. The minimum absolute atomic E-state index is 0.408. The molecule has 1 aliphatic heterocycles. The van der Waals surface area contributed by atoms with Gasteiger partial charge in [-0.15, -0.1) is 0 Å². The smallest absolute Gasteiger partial charge is 0.115 e. The third-order valence-electron chi connectivity index (χ3n) is 4.69. The summed E-state index contributed by atoms with van der Waals surface area (Å²) in [6.07, 6.45) is 3.61. The van der Waals surface area contributed by atoms with Crippen molar-refractivity contribution in [3.8, 4) is 5.75 Å². The van der Waals surface area contributed by atoms with Crippen molar-refractivity contribution in [2.45, 2.75) is 38.3 Å². The Morgan fingerprint density at radius 3 is 2.89 bits per heavy atom. The van der Waals surface area contributed by atoms with Gasteiger partial charge in [-0.05, 0) is 56.5 Å². The zero-order valence-corrected chi connectivity index (χ0v) is 12.0. The molecule has 0 spiro atoms. The van der Waals surface area contributed by atoms with Gasteiger partial charge < -0.3 is 10.0 Å². The van der Waals surface area contributed by atoms with Crippen molar-refractivity contribution < 1.29 is 5.11 Å². The van der Waals surface area contributed by atoms with E-state index >= 15 is 0 Å². The van der Waals surface area contributed by atoms with Crippen LogP contribution in [0.3, 0.4) is 0 Å². The third kappa shape index (κ3) is 2.49. The molecule has 1 heterocycles. The number of hydrogen-bond donors (Lipinski definition) is 1. The van der Waals surface area contributed by atoms with Crippen molar-refractivity contribution in [2.24, 2.45) is 0 Å². The number of phenols is 1. The van der Waals surface area contributed by atoms with E-state index < -0.39 is 0 Å². The van der Waals surface area contributed by atoms with Crippen LogP contribution in [0.1, 0.15) is 36.9 Å². The van der Waals surface area contributed by atoms with E-state index in [1.807, 2.05) is 12.1 Å². The molecule has 2 aliphatic rings. The topological polar surface area (TPSA) is 26.7 Å². The Balaban J connectivity index is 1.87. The van der Waals surface area contributed by atoms with Crippen molar-refractivity contribution in [3.63, 3.8) is 0 Å². The molecule has 2 atom stereocenters. The van der Waals surface area contributed by atoms with Crippen LogP contribution in [0.4, 0.5) is 0 Å². The van der Waals surface area contributed by atoms with Gasteiger partial charge in [0.05, 0.1) is 0 Å². The molecule has 19 heavy (non-hydrogen) atoms. The number of hydrogen-bond acceptors (Lipinski definition) is 3. The quantitative estimate of drug-likeness (QED) is 0.840. The Morgan fingerprint density at radius 1 is 1.26 bits per heavy atom. The van der Waals surface area contributed by atoms with Crippen molar-refractivity contribution >= 4 is 0 Å². The number of phenolic OH excluding ortho intramolecular Hbond substituents is 1. The summed E-state index contributed by atoms with van der Waals surface area (Å²) in [6, 6.07) is 7.11. The van der Waals surface area contributed by atoms with Gasteiger partial charge in [-0.1, -0.05) is 6.07 Å². The molecule has 2 unspecified atom stereocenters. The van der Waals surface area contributed by atoms with Crippen molar-refractivity contribution in [2.75, 3.05) is 26.7 Å². The molecule has 3 rings (SSSR count). The first-order chi connectivity index (χ1) is 9.15. The van der Waals surface area contributed by atoms with Gasteiger partial charge in [0.15, 0.2) is 0 Å². The molecular formula is C16H24N2O. The minimum atomic E-state index is 0.408. The zero-order chi connectivity index (χ0) is 13.4. The van der Waals surface area contributed by atoms with E-state index in [1.165, 1.54) is 24.0 Å². The van der Waals surface area contributed by atoms with Crippen molar-refractivity contribution in [1.29, 1.82) is 0 Å². The second kappa shape index (κ2) is 5.14. The predicted molar refractivity (Wildman–Crippen MR) is 77.5 cm³/mol. The highest BCUT2D eigenvalue weighted by atomic mass is 16.3. The van der Waals surface area contributed by atoms with E-state index in [1.54, 1.807) is 0 Å². The summed E-state index contributed by atoms with van der Waals surface area (Å²) in [5.74, 6) is 0.408. The fraction of sp³-hybridized carbons (Fsp3) is 0.625. The van der Waals surface area contributed by atoms with Gasteiger partial charge in [-0.2, -0.15) is 0 Å². The number of aromatic hydroxyl groups is 1. The maximum absolute atomic E-state index is 9.65. The molecule has 0 saturated carbocycles. The standard InChI is InChI=1S/C16H24N2O/c1-12-11-17(2)8-9-18(12)16-5-3-4-13-10-14(19)6-7-15(13)16/h6-7,10,12,16,19H,3-5,8-9,11H2,1-2H3. The van der Waals surface area contributed by atoms with E-state index in [4.69, 9.17) is 0 Å². The molecule has 104 valence electrons. The highest BCUT2D eigenvalue weighted by Crippen LogP contribution is 2.37. The predicted octanol–water partition coefficient (Wildman–Crippen LogP) is 2.41. The van der Waals surface area contributed by atoms with Crippen molar-refractivity contribution in [3.05, 3.63) is 29.3 Å². The lowest BCUT2D eigenvalue weighted by atomic mass is 9.85. The lowest BCUT2D eigenvalue weighted by molar-refractivity contribution is 0.0535. The van der Waals surface area contributed by atoms with E-state index in [-0.39, 0.29) is 0 Å². The number of likely N-dealkylation sites (N-methyl/N-ethyl adjacent to an activating group) is 1. The van der Waals surface area contributed by atoms with Crippen LogP contribution in [0, 0.1) is 0 Å². The molecule has 1 aliphatic carbocycles. The zero-order valence-electron chi connectivity index (χ0n) is 12.0. The number of nitrogens with zero attached hydrogens (tertiary/aromatic N) is 2. The number of aryl methyl sites for hydroxylation is 1. The van der Waals surface area contributed by atoms with Crippen LogP contribution in [0.15, 0.2) is 18.2 Å². The average Bonchev–Trinajstić information content (AvgIpc) is 2.38. The summed E-state index contributed by atoms with van der Waals surface area (Å²) in [4.78, 5) is 5.08. The van der Waals surface area contributed by atoms with Crippen molar-refractivity contribution in [1.82, 2.24) is 9.80 Å². The normalized spacial score (nSPS) is 29.2. The van der Waals surface area contributed by atoms with Crippen LogP contribution in [-0.4, -0.2) is 47.6 Å².